The van der Waals surface area contributed by atoms with E-state index in [2.05, 4.69) is 20.4 Å². The largest absolute Gasteiger partial charge is 0.495 e. The van der Waals surface area contributed by atoms with E-state index in [1.54, 1.807) is 30.3 Å². The highest BCUT2D eigenvalue weighted by molar-refractivity contribution is 6.04. The van der Waals surface area contributed by atoms with Gasteiger partial charge < -0.3 is 14.6 Å². The summed E-state index contributed by atoms with van der Waals surface area (Å²) < 4.78 is 38.0. The van der Waals surface area contributed by atoms with Crippen molar-refractivity contribution in [3.05, 3.63) is 78.1 Å². The number of nitrogens with zero attached hydrogens (tertiary/aromatic N) is 3. The monoisotopic (exact) mass is 408 g/mol. The number of pyridine rings is 1. The highest BCUT2D eigenvalue weighted by Gasteiger charge is 2.17. The maximum atomic E-state index is 14.0. The second-order valence-electron chi connectivity index (χ2n) is 6.15. The van der Waals surface area contributed by atoms with Gasteiger partial charge >= 0.3 is 0 Å². The normalized spacial score (nSPS) is 10.6. The molecule has 0 radical (unpaired) electrons. The summed E-state index contributed by atoms with van der Waals surface area (Å²) in [5, 5.41) is 6.48. The molecule has 0 unspecified atom stereocenters. The molecule has 0 atom stereocenters. The number of anilines is 1. The van der Waals surface area contributed by atoms with Crippen LogP contribution in [0.15, 0.2) is 65.3 Å². The van der Waals surface area contributed by atoms with Crippen LogP contribution in [0.3, 0.4) is 0 Å². The maximum Gasteiger partial charge on any atom is 0.263 e. The number of hydrogen-bond donors (Lipinski definition) is 1. The van der Waals surface area contributed by atoms with Crippen molar-refractivity contribution >= 4 is 11.6 Å². The number of halogens is 2. The molecule has 0 fully saturated rings. The molecule has 1 amide bonds. The zero-order chi connectivity index (χ0) is 21.1. The topological polar surface area (TPSA) is 90.1 Å². The third-order valence-corrected chi connectivity index (χ3v) is 4.20. The Balaban J connectivity index is 1.59. The van der Waals surface area contributed by atoms with Crippen LogP contribution in [0.2, 0.25) is 0 Å². The maximum absolute atomic E-state index is 14.0. The fourth-order valence-corrected chi connectivity index (χ4v) is 2.72. The molecule has 30 heavy (non-hydrogen) atoms. The molecular weight excluding hydrogens is 394 g/mol. The quantitative estimate of drug-likeness (QED) is 0.494. The molecule has 0 saturated carbocycles. The van der Waals surface area contributed by atoms with Gasteiger partial charge in [0.05, 0.1) is 24.4 Å². The Morgan fingerprint density at radius 3 is 2.73 bits per heavy atom. The number of ether oxygens (including phenoxy) is 1. The lowest BCUT2D eigenvalue weighted by Crippen LogP contribution is -2.13. The predicted octanol–water partition coefficient (Wildman–Crippen LogP) is 4.34. The van der Waals surface area contributed by atoms with Gasteiger partial charge in [-0.1, -0.05) is 29.4 Å². The molecule has 0 aliphatic carbocycles. The molecule has 0 aliphatic heterocycles. The molecule has 2 aromatic carbocycles. The summed E-state index contributed by atoms with van der Waals surface area (Å²) in [5.74, 6) is -1.56. The summed E-state index contributed by atoms with van der Waals surface area (Å²) in [4.78, 5) is 20.1. The van der Waals surface area contributed by atoms with Crippen LogP contribution >= 0.6 is 0 Å². The summed E-state index contributed by atoms with van der Waals surface area (Å²) in [6.45, 7) is 0. The standard InChI is InChI=1S/C21H14F2N4O3/c1-29-14-10-16(18(23)24-11-14)21-26-19(27-30-21)12-5-4-6-13(9-12)25-20(28)15-7-2-3-8-17(15)22/h2-11H,1H3,(H,25,28). The molecule has 150 valence electrons. The van der Waals surface area contributed by atoms with Crippen LogP contribution in [-0.2, 0) is 0 Å². The van der Waals surface area contributed by atoms with Crippen molar-refractivity contribution in [2.24, 2.45) is 0 Å². The number of carbonyl (C=O) groups excluding carboxylic acids is 1. The Kier molecular flexibility index (Phi) is 5.17. The first kappa shape index (κ1) is 19.2. The fourth-order valence-electron chi connectivity index (χ4n) is 2.72. The van der Waals surface area contributed by atoms with Crippen LogP contribution in [0.1, 0.15) is 10.4 Å². The Morgan fingerprint density at radius 2 is 1.93 bits per heavy atom. The Bertz CT molecular complexity index is 1230. The lowest BCUT2D eigenvalue weighted by atomic mass is 10.1. The van der Waals surface area contributed by atoms with Gasteiger partial charge in [-0.3, -0.25) is 4.79 Å². The van der Waals surface area contributed by atoms with Gasteiger partial charge in [-0.15, -0.1) is 0 Å². The van der Waals surface area contributed by atoms with E-state index < -0.39 is 17.7 Å². The minimum atomic E-state index is -0.781. The average molecular weight is 408 g/mol. The summed E-state index contributed by atoms with van der Waals surface area (Å²) in [6.07, 6.45) is 1.23. The van der Waals surface area contributed by atoms with Gasteiger partial charge in [0, 0.05) is 11.3 Å². The number of benzene rings is 2. The number of amides is 1. The molecule has 9 heteroatoms. The number of methoxy groups -OCH3 is 1. The van der Waals surface area contributed by atoms with E-state index in [0.717, 1.165) is 0 Å². The van der Waals surface area contributed by atoms with Gasteiger partial charge in [0.2, 0.25) is 11.8 Å². The number of hydrogen-bond acceptors (Lipinski definition) is 6. The third-order valence-electron chi connectivity index (χ3n) is 4.20. The van der Waals surface area contributed by atoms with Crippen molar-refractivity contribution < 1.29 is 22.8 Å². The zero-order valence-corrected chi connectivity index (χ0v) is 15.6. The Morgan fingerprint density at radius 1 is 1.10 bits per heavy atom. The van der Waals surface area contributed by atoms with Crippen LogP contribution in [-0.4, -0.2) is 28.1 Å². The molecule has 4 aromatic rings. The summed E-state index contributed by atoms with van der Waals surface area (Å²) in [6, 6.07) is 13.6. The average Bonchev–Trinajstić information content (AvgIpc) is 3.25. The van der Waals surface area contributed by atoms with Crippen LogP contribution in [0.4, 0.5) is 14.5 Å². The van der Waals surface area contributed by atoms with Crippen LogP contribution in [0.25, 0.3) is 22.8 Å². The lowest BCUT2D eigenvalue weighted by molar-refractivity contribution is 0.102. The van der Waals surface area contributed by atoms with E-state index in [1.807, 2.05) is 0 Å². The predicted molar refractivity (Wildman–Crippen MR) is 104 cm³/mol. The van der Waals surface area contributed by atoms with Gasteiger partial charge in [-0.25, -0.2) is 9.37 Å². The highest BCUT2D eigenvalue weighted by Crippen LogP contribution is 2.27. The SMILES string of the molecule is COc1cnc(F)c(-c2nc(-c3cccc(NC(=O)c4ccccc4F)c3)no2)c1. The van der Waals surface area contributed by atoms with Crippen molar-refractivity contribution in [3.63, 3.8) is 0 Å². The molecule has 0 aliphatic rings. The number of aromatic nitrogens is 3. The molecular formula is C21H14F2N4O3. The number of nitrogens with one attached hydrogen (secondary N) is 1. The minimum Gasteiger partial charge on any atom is -0.495 e. The molecule has 0 spiro atoms. The Hall–Kier alpha value is -4.14. The van der Waals surface area contributed by atoms with Crippen LogP contribution < -0.4 is 10.1 Å². The van der Waals surface area contributed by atoms with Gasteiger partial charge in [-0.05, 0) is 30.3 Å². The first-order valence-electron chi connectivity index (χ1n) is 8.75. The van der Waals surface area contributed by atoms with Crippen molar-refractivity contribution in [1.29, 1.82) is 0 Å². The molecule has 0 saturated heterocycles. The second kappa shape index (κ2) is 8.08. The Labute approximate surface area is 169 Å². The molecule has 2 heterocycles. The van der Waals surface area contributed by atoms with E-state index in [9.17, 15) is 13.6 Å². The summed E-state index contributed by atoms with van der Waals surface area (Å²) >= 11 is 0. The van der Waals surface area contributed by atoms with Crippen molar-refractivity contribution in [1.82, 2.24) is 15.1 Å². The lowest BCUT2D eigenvalue weighted by Gasteiger charge is -2.07. The molecule has 2 aromatic heterocycles. The summed E-state index contributed by atoms with van der Waals surface area (Å²) in [5.41, 5.74) is 0.830. The van der Waals surface area contributed by atoms with Crippen molar-refractivity contribution in [2.75, 3.05) is 12.4 Å². The minimum absolute atomic E-state index is 0.00268. The van der Waals surface area contributed by atoms with Crippen LogP contribution in [0.5, 0.6) is 5.75 Å². The van der Waals surface area contributed by atoms with Crippen molar-refractivity contribution in [3.8, 4) is 28.6 Å². The van der Waals surface area contributed by atoms with Gasteiger partial charge in [0.1, 0.15) is 11.6 Å². The van der Waals surface area contributed by atoms with E-state index >= 15 is 0 Å². The molecule has 4 rings (SSSR count). The molecule has 0 bridgehead atoms. The van der Waals surface area contributed by atoms with Gasteiger partial charge in [0.25, 0.3) is 11.8 Å². The van der Waals surface area contributed by atoms with Gasteiger partial charge in [0.15, 0.2) is 0 Å². The van der Waals surface area contributed by atoms with E-state index in [4.69, 9.17) is 9.26 Å². The summed E-state index contributed by atoms with van der Waals surface area (Å²) in [7, 11) is 1.43. The second-order valence-corrected chi connectivity index (χ2v) is 6.15. The van der Waals surface area contributed by atoms with Crippen molar-refractivity contribution in [2.45, 2.75) is 0 Å². The van der Waals surface area contributed by atoms with Gasteiger partial charge in [-0.2, -0.15) is 9.37 Å². The fraction of sp³-hybridized carbons (Fsp3) is 0.0476. The highest BCUT2D eigenvalue weighted by atomic mass is 19.1. The van der Waals surface area contributed by atoms with Crippen LogP contribution in [0, 0.1) is 11.8 Å². The first-order chi connectivity index (χ1) is 14.5. The first-order valence-corrected chi connectivity index (χ1v) is 8.75. The molecule has 7 nitrogen and oxygen atoms in total. The smallest absolute Gasteiger partial charge is 0.263 e. The number of rotatable bonds is 5. The third kappa shape index (κ3) is 3.86. The van der Waals surface area contributed by atoms with E-state index in [1.165, 1.54) is 37.6 Å². The van der Waals surface area contributed by atoms with E-state index in [0.29, 0.717) is 17.0 Å². The molecule has 1 N–H and O–H groups in total. The number of carbonyl (C=O) groups is 1. The zero-order valence-electron chi connectivity index (χ0n) is 15.6. The van der Waals surface area contributed by atoms with E-state index in [-0.39, 0.29) is 22.8 Å².